The van der Waals surface area contributed by atoms with Crippen LogP contribution in [0.15, 0.2) is 78.9 Å². The highest BCUT2D eigenvalue weighted by Gasteiger charge is 2.21. The average Bonchev–Trinajstić information content (AvgIpc) is 2.79. The molecule has 0 aliphatic rings. The summed E-state index contributed by atoms with van der Waals surface area (Å²) in [5, 5.41) is 6.42. The number of carbonyl (C=O) groups excluding carboxylic acids is 1. The Morgan fingerprint density at radius 3 is 2.33 bits per heavy atom. The highest BCUT2D eigenvalue weighted by atomic mass is 16.5. The van der Waals surface area contributed by atoms with Gasteiger partial charge in [-0.1, -0.05) is 54.6 Å². The molecule has 5 nitrogen and oxygen atoms in total. The molecule has 0 spiro atoms. The van der Waals surface area contributed by atoms with Crippen molar-refractivity contribution in [3.63, 3.8) is 0 Å². The smallest absolute Gasteiger partial charge is 0.246 e. The molecule has 0 fully saturated rings. The van der Waals surface area contributed by atoms with Crippen LogP contribution in [0.4, 0.5) is 5.69 Å². The van der Waals surface area contributed by atoms with E-state index < -0.39 is 6.04 Å². The number of ether oxygens (including phenoxy) is 2. The number of amides is 1. The van der Waals surface area contributed by atoms with Gasteiger partial charge in [0.05, 0.1) is 19.4 Å². The lowest BCUT2D eigenvalue weighted by atomic mass is 10.1. The maximum Gasteiger partial charge on any atom is 0.246 e. The second-order valence-electron chi connectivity index (χ2n) is 6.81. The fourth-order valence-corrected chi connectivity index (χ4v) is 3.22. The summed E-state index contributed by atoms with van der Waals surface area (Å²) in [6.07, 6.45) is 0.802. The zero-order chi connectivity index (χ0) is 21.2. The van der Waals surface area contributed by atoms with Crippen molar-refractivity contribution in [1.82, 2.24) is 5.32 Å². The van der Waals surface area contributed by atoms with Gasteiger partial charge >= 0.3 is 0 Å². The molecule has 0 radical (unpaired) electrons. The van der Waals surface area contributed by atoms with E-state index >= 15 is 0 Å². The lowest BCUT2D eigenvalue weighted by Crippen LogP contribution is -2.34. The molecule has 0 saturated carbocycles. The SMILES string of the molecule is CCOc1ccccc1NC(=O)[C@@H](NCCc1ccc(OC)cc1)c1ccccc1. The summed E-state index contributed by atoms with van der Waals surface area (Å²) in [4.78, 5) is 13.1. The van der Waals surface area contributed by atoms with Crippen molar-refractivity contribution < 1.29 is 14.3 Å². The predicted octanol–water partition coefficient (Wildman–Crippen LogP) is 4.61. The molecule has 5 heteroatoms. The maximum absolute atomic E-state index is 13.1. The normalized spacial score (nSPS) is 11.5. The van der Waals surface area contributed by atoms with E-state index in [9.17, 15) is 4.79 Å². The van der Waals surface area contributed by atoms with Gasteiger partial charge in [-0.05, 0) is 48.7 Å². The molecule has 1 atom stereocenters. The Hall–Kier alpha value is -3.31. The van der Waals surface area contributed by atoms with Crippen molar-refractivity contribution >= 4 is 11.6 Å². The van der Waals surface area contributed by atoms with E-state index in [-0.39, 0.29) is 5.91 Å². The fourth-order valence-electron chi connectivity index (χ4n) is 3.22. The Morgan fingerprint density at radius 1 is 0.933 bits per heavy atom. The number of hydrogen-bond acceptors (Lipinski definition) is 4. The van der Waals surface area contributed by atoms with Crippen LogP contribution in [0.3, 0.4) is 0 Å². The van der Waals surface area contributed by atoms with Crippen LogP contribution < -0.4 is 20.1 Å². The van der Waals surface area contributed by atoms with E-state index in [4.69, 9.17) is 9.47 Å². The maximum atomic E-state index is 13.1. The molecule has 3 rings (SSSR count). The number of carbonyl (C=O) groups is 1. The lowest BCUT2D eigenvalue weighted by molar-refractivity contribution is -0.118. The first-order valence-corrected chi connectivity index (χ1v) is 10.1. The zero-order valence-electron chi connectivity index (χ0n) is 17.4. The molecule has 0 aromatic heterocycles. The molecule has 0 unspecified atom stereocenters. The van der Waals surface area contributed by atoms with Crippen LogP contribution in [0.1, 0.15) is 24.1 Å². The number of nitrogens with one attached hydrogen (secondary N) is 2. The van der Waals surface area contributed by atoms with Crippen molar-refractivity contribution in [2.45, 2.75) is 19.4 Å². The summed E-state index contributed by atoms with van der Waals surface area (Å²) in [7, 11) is 1.66. The second kappa shape index (κ2) is 11.0. The van der Waals surface area contributed by atoms with Gasteiger partial charge in [0.1, 0.15) is 17.5 Å². The number of methoxy groups -OCH3 is 1. The molecule has 0 bridgehead atoms. The third kappa shape index (κ3) is 5.84. The standard InChI is InChI=1S/C25H28N2O3/c1-3-30-23-12-8-7-11-22(23)27-25(28)24(20-9-5-4-6-10-20)26-18-17-19-13-15-21(29-2)16-14-19/h4-16,24,26H,3,17-18H2,1-2H3,(H,27,28)/t24-/m0/s1. The fraction of sp³-hybridized carbons (Fsp3) is 0.240. The topological polar surface area (TPSA) is 59.6 Å². The minimum atomic E-state index is -0.473. The van der Waals surface area contributed by atoms with Crippen molar-refractivity contribution in [2.75, 3.05) is 25.6 Å². The molecular formula is C25H28N2O3. The van der Waals surface area contributed by atoms with E-state index in [1.54, 1.807) is 7.11 Å². The minimum Gasteiger partial charge on any atom is -0.497 e. The first-order chi connectivity index (χ1) is 14.7. The first-order valence-electron chi connectivity index (χ1n) is 10.1. The van der Waals surface area contributed by atoms with Gasteiger partial charge in [0, 0.05) is 6.54 Å². The molecule has 3 aromatic carbocycles. The van der Waals surface area contributed by atoms with Gasteiger partial charge in [0.2, 0.25) is 5.91 Å². The van der Waals surface area contributed by atoms with Gasteiger partial charge in [-0.15, -0.1) is 0 Å². The van der Waals surface area contributed by atoms with Crippen molar-refractivity contribution in [3.8, 4) is 11.5 Å². The van der Waals surface area contributed by atoms with Crippen LogP contribution in [-0.4, -0.2) is 26.2 Å². The molecule has 0 saturated heterocycles. The van der Waals surface area contributed by atoms with E-state index in [2.05, 4.69) is 10.6 Å². The molecule has 3 aromatic rings. The van der Waals surface area contributed by atoms with Crippen molar-refractivity contribution in [3.05, 3.63) is 90.0 Å². The van der Waals surface area contributed by atoms with Crippen LogP contribution >= 0.6 is 0 Å². The number of rotatable bonds is 10. The van der Waals surface area contributed by atoms with Crippen LogP contribution in [0.2, 0.25) is 0 Å². The Kier molecular flexibility index (Phi) is 7.86. The quantitative estimate of drug-likeness (QED) is 0.518. The van der Waals surface area contributed by atoms with Gasteiger partial charge in [-0.3, -0.25) is 4.79 Å². The largest absolute Gasteiger partial charge is 0.497 e. The van der Waals surface area contributed by atoms with Crippen LogP contribution in [0.25, 0.3) is 0 Å². The third-order valence-corrected chi connectivity index (χ3v) is 4.76. The molecular weight excluding hydrogens is 376 g/mol. The first kappa shape index (κ1) is 21.4. The highest BCUT2D eigenvalue weighted by molar-refractivity contribution is 5.96. The van der Waals surface area contributed by atoms with Crippen LogP contribution in [-0.2, 0) is 11.2 Å². The lowest BCUT2D eigenvalue weighted by Gasteiger charge is -2.20. The Labute approximate surface area is 178 Å². The third-order valence-electron chi connectivity index (χ3n) is 4.76. The van der Waals surface area contributed by atoms with Gasteiger partial charge in [0.15, 0.2) is 0 Å². The van der Waals surface area contributed by atoms with E-state index in [0.717, 1.165) is 17.7 Å². The van der Waals surface area contributed by atoms with E-state index in [1.807, 2.05) is 85.8 Å². The molecule has 1 amide bonds. The molecule has 0 aliphatic carbocycles. The van der Waals surface area contributed by atoms with Crippen LogP contribution in [0, 0.1) is 0 Å². The monoisotopic (exact) mass is 404 g/mol. The Morgan fingerprint density at radius 2 is 1.63 bits per heavy atom. The summed E-state index contributed by atoms with van der Waals surface area (Å²) in [6, 6.07) is 24.7. The summed E-state index contributed by atoms with van der Waals surface area (Å²) in [5.74, 6) is 1.38. The Bertz CT molecular complexity index is 927. The van der Waals surface area contributed by atoms with E-state index in [1.165, 1.54) is 5.56 Å². The van der Waals surface area contributed by atoms with Crippen molar-refractivity contribution in [2.24, 2.45) is 0 Å². The zero-order valence-corrected chi connectivity index (χ0v) is 17.4. The molecule has 30 heavy (non-hydrogen) atoms. The number of para-hydroxylation sites is 2. The van der Waals surface area contributed by atoms with Gasteiger partial charge in [0.25, 0.3) is 0 Å². The average molecular weight is 405 g/mol. The highest BCUT2D eigenvalue weighted by Crippen LogP contribution is 2.25. The van der Waals surface area contributed by atoms with E-state index in [0.29, 0.717) is 24.6 Å². The second-order valence-corrected chi connectivity index (χ2v) is 6.81. The summed E-state index contributed by atoms with van der Waals surface area (Å²) >= 11 is 0. The number of anilines is 1. The summed E-state index contributed by atoms with van der Waals surface area (Å²) in [5.41, 5.74) is 2.76. The summed E-state index contributed by atoms with van der Waals surface area (Å²) < 4.78 is 10.8. The number of benzene rings is 3. The van der Waals surface area contributed by atoms with Gasteiger partial charge in [-0.25, -0.2) is 0 Å². The van der Waals surface area contributed by atoms with Gasteiger partial charge in [-0.2, -0.15) is 0 Å². The Balaban J connectivity index is 1.70. The minimum absolute atomic E-state index is 0.122. The molecule has 0 aliphatic heterocycles. The van der Waals surface area contributed by atoms with Crippen LogP contribution in [0.5, 0.6) is 11.5 Å². The molecule has 2 N–H and O–H groups in total. The van der Waals surface area contributed by atoms with Gasteiger partial charge < -0.3 is 20.1 Å². The predicted molar refractivity (Wildman–Crippen MR) is 120 cm³/mol. The summed E-state index contributed by atoms with van der Waals surface area (Å²) in [6.45, 7) is 3.12. The number of hydrogen-bond donors (Lipinski definition) is 2. The molecule has 156 valence electrons. The van der Waals surface area contributed by atoms with Crippen molar-refractivity contribution in [1.29, 1.82) is 0 Å². The molecule has 0 heterocycles.